The molecule has 1 heterocycles. The van der Waals surface area contributed by atoms with Gasteiger partial charge in [-0.25, -0.2) is 0 Å². The lowest BCUT2D eigenvalue weighted by Crippen LogP contribution is -2.37. The Morgan fingerprint density at radius 1 is 1.16 bits per heavy atom. The van der Waals surface area contributed by atoms with E-state index in [2.05, 4.69) is 51.2 Å². The Morgan fingerprint density at radius 2 is 1.96 bits per heavy atom. The van der Waals surface area contributed by atoms with Crippen molar-refractivity contribution in [3.05, 3.63) is 53.9 Å². The second-order valence-electron chi connectivity index (χ2n) is 5.52. The van der Waals surface area contributed by atoms with E-state index in [0.29, 0.717) is 0 Å². The van der Waals surface area contributed by atoms with Gasteiger partial charge in [0, 0.05) is 32.5 Å². The number of halogens is 1. The average molecular weight is 473 g/mol. The fourth-order valence-electron chi connectivity index (χ4n) is 2.43. The minimum atomic E-state index is 0. The Morgan fingerprint density at radius 3 is 2.64 bits per heavy atom. The highest BCUT2D eigenvalue weighted by atomic mass is 127. The number of hydrogen-bond acceptors (Lipinski definition) is 3. The molecule has 0 amide bonds. The zero-order chi connectivity index (χ0) is 17.0. The van der Waals surface area contributed by atoms with Crippen molar-refractivity contribution in [1.29, 1.82) is 0 Å². The topological polar surface area (TPSA) is 54.2 Å². The monoisotopic (exact) mass is 473 g/mol. The maximum atomic E-state index is 4.30. The van der Waals surface area contributed by atoms with Crippen LogP contribution >= 0.6 is 35.7 Å². The van der Waals surface area contributed by atoms with Crippen LogP contribution < -0.4 is 10.6 Å². The molecule has 2 N–H and O–H groups in total. The van der Waals surface area contributed by atoms with Crippen LogP contribution in [-0.2, 0) is 13.1 Å². The lowest BCUT2D eigenvalue weighted by atomic mass is 10.1. The minimum absolute atomic E-state index is 0. The Kier molecular flexibility index (Phi) is 11.4. The number of nitrogens with one attached hydrogen (secondary N) is 2. The second kappa shape index (κ2) is 13.0. The van der Waals surface area contributed by atoms with Gasteiger partial charge in [-0.15, -0.1) is 24.0 Å². The molecule has 0 atom stereocenters. The van der Waals surface area contributed by atoms with Crippen LogP contribution in [0.15, 0.2) is 47.7 Å². The van der Waals surface area contributed by atoms with Gasteiger partial charge in [-0.1, -0.05) is 24.3 Å². The normalized spacial score (nSPS) is 11.0. The molecule has 0 aliphatic heterocycles. The molecule has 2 aromatic rings. The Labute approximate surface area is 172 Å². The van der Waals surface area contributed by atoms with Crippen LogP contribution in [0.25, 0.3) is 0 Å². The summed E-state index contributed by atoms with van der Waals surface area (Å²) >= 11 is 1.90. The van der Waals surface area contributed by atoms with E-state index in [1.165, 1.54) is 23.3 Å². The van der Waals surface area contributed by atoms with Crippen molar-refractivity contribution in [1.82, 2.24) is 20.4 Å². The van der Waals surface area contributed by atoms with E-state index in [-0.39, 0.29) is 24.0 Å². The van der Waals surface area contributed by atoms with Crippen LogP contribution in [0.5, 0.6) is 0 Å². The van der Waals surface area contributed by atoms with Crippen molar-refractivity contribution in [2.45, 2.75) is 25.9 Å². The summed E-state index contributed by atoms with van der Waals surface area (Å²) in [6.45, 7) is 2.49. The summed E-state index contributed by atoms with van der Waals surface area (Å²) in [6.07, 6.45) is 8.34. The van der Waals surface area contributed by atoms with E-state index in [4.69, 9.17) is 0 Å². The molecule has 0 bridgehead atoms. The van der Waals surface area contributed by atoms with E-state index in [9.17, 15) is 0 Å². The molecule has 5 nitrogen and oxygen atoms in total. The number of unbranched alkanes of at least 4 members (excludes halogenated alkanes) is 1. The van der Waals surface area contributed by atoms with Gasteiger partial charge in [0.1, 0.15) is 0 Å². The highest BCUT2D eigenvalue weighted by Crippen LogP contribution is 2.10. The van der Waals surface area contributed by atoms with Crippen molar-refractivity contribution >= 4 is 41.7 Å². The second-order valence-corrected chi connectivity index (χ2v) is 6.51. The number of hydrogen-bond donors (Lipinski definition) is 2. The van der Waals surface area contributed by atoms with Gasteiger partial charge < -0.3 is 10.6 Å². The smallest absolute Gasteiger partial charge is 0.191 e. The van der Waals surface area contributed by atoms with Crippen LogP contribution in [0.1, 0.15) is 24.0 Å². The van der Waals surface area contributed by atoms with Gasteiger partial charge in [-0.05, 0) is 42.0 Å². The number of nitrogens with zero attached hydrogens (tertiary/aromatic N) is 3. The quantitative estimate of drug-likeness (QED) is 0.254. The molecule has 7 heteroatoms. The summed E-state index contributed by atoms with van der Waals surface area (Å²) in [5.41, 5.74) is 2.53. The van der Waals surface area contributed by atoms with Gasteiger partial charge in [0.25, 0.3) is 0 Å². The lowest BCUT2D eigenvalue weighted by molar-refractivity contribution is 0.676. The maximum absolute atomic E-state index is 4.30. The highest BCUT2D eigenvalue weighted by Gasteiger charge is 2.04. The largest absolute Gasteiger partial charge is 0.356 e. The predicted octanol–water partition coefficient (Wildman–Crippen LogP) is 3.36. The van der Waals surface area contributed by atoms with Crippen molar-refractivity contribution in [3.8, 4) is 0 Å². The third kappa shape index (κ3) is 8.13. The van der Waals surface area contributed by atoms with Crippen LogP contribution in [0, 0.1) is 0 Å². The molecule has 0 saturated carbocycles. The van der Waals surface area contributed by atoms with Crippen molar-refractivity contribution in [2.75, 3.05) is 25.6 Å². The molecular formula is C18H28IN5S. The zero-order valence-corrected chi connectivity index (χ0v) is 18.1. The van der Waals surface area contributed by atoms with E-state index in [0.717, 1.165) is 32.0 Å². The highest BCUT2D eigenvalue weighted by molar-refractivity contribution is 14.0. The Hall–Kier alpha value is -1.22. The van der Waals surface area contributed by atoms with Crippen LogP contribution in [0.2, 0.25) is 0 Å². The fourth-order valence-corrected chi connectivity index (χ4v) is 2.92. The summed E-state index contributed by atoms with van der Waals surface area (Å²) < 4.78 is 1.94. The number of aromatic nitrogens is 2. The molecule has 0 spiro atoms. The van der Waals surface area contributed by atoms with Crippen LogP contribution in [0.4, 0.5) is 0 Å². The van der Waals surface area contributed by atoms with Gasteiger partial charge in [-0.3, -0.25) is 9.67 Å². The SMILES string of the molecule is CN=C(NCCCCSC)NCc1ccccc1Cn1cccn1.I. The zero-order valence-electron chi connectivity index (χ0n) is 14.9. The van der Waals surface area contributed by atoms with Crippen molar-refractivity contribution in [2.24, 2.45) is 4.99 Å². The number of guanidine groups is 1. The van der Waals surface area contributed by atoms with E-state index in [1.54, 1.807) is 0 Å². The molecular weight excluding hydrogens is 445 g/mol. The van der Waals surface area contributed by atoms with Gasteiger partial charge in [0.2, 0.25) is 0 Å². The molecule has 0 radical (unpaired) electrons. The molecule has 0 aliphatic rings. The summed E-state index contributed by atoms with van der Waals surface area (Å²) in [4.78, 5) is 4.30. The molecule has 0 aliphatic carbocycles. The third-order valence-corrected chi connectivity index (χ3v) is 4.44. The molecule has 1 aromatic carbocycles. The first-order valence-electron chi connectivity index (χ1n) is 8.31. The van der Waals surface area contributed by atoms with Gasteiger partial charge in [-0.2, -0.15) is 16.9 Å². The molecule has 0 unspecified atom stereocenters. The van der Waals surface area contributed by atoms with Crippen molar-refractivity contribution in [3.63, 3.8) is 0 Å². The van der Waals surface area contributed by atoms with E-state index >= 15 is 0 Å². The van der Waals surface area contributed by atoms with E-state index < -0.39 is 0 Å². The standard InChI is InChI=1S/C18H27N5S.HI/c1-19-18(20-10-5-6-13-24-2)21-14-16-8-3-4-9-17(16)15-23-12-7-11-22-23;/h3-4,7-9,11-12H,5-6,10,13-15H2,1-2H3,(H2,19,20,21);1H. The maximum Gasteiger partial charge on any atom is 0.191 e. The molecule has 0 fully saturated rings. The molecule has 25 heavy (non-hydrogen) atoms. The lowest BCUT2D eigenvalue weighted by Gasteiger charge is -2.14. The first-order chi connectivity index (χ1) is 11.8. The van der Waals surface area contributed by atoms with E-state index in [1.807, 2.05) is 42.0 Å². The summed E-state index contributed by atoms with van der Waals surface area (Å²) in [7, 11) is 1.81. The van der Waals surface area contributed by atoms with Gasteiger partial charge >= 0.3 is 0 Å². The van der Waals surface area contributed by atoms with Crippen LogP contribution in [-0.4, -0.2) is 41.3 Å². The van der Waals surface area contributed by atoms with Gasteiger partial charge in [0.05, 0.1) is 6.54 Å². The average Bonchev–Trinajstić information content (AvgIpc) is 3.11. The number of thioether (sulfide) groups is 1. The van der Waals surface area contributed by atoms with Crippen molar-refractivity contribution < 1.29 is 0 Å². The molecule has 2 rings (SSSR count). The third-order valence-electron chi connectivity index (χ3n) is 3.75. The number of aliphatic imine (C=N–C) groups is 1. The fraction of sp³-hybridized carbons (Fsp3) is 0.444. The Bertz CT molecular complexity index is 616. The summed E-state index contributed by atoms with van der Waals surface area (Å²) in [6, 6.07) is 10.4. The minimum Gasteiger partial charge on any atom is -0.356 e. The van der Waals surface area contributed by atoms with Gasteiger partial charge in [0.15, 0.2) is 5.96 Å². The molecule has 0 saturated heterocycles. The predicted molar refractivity (Wildman–Crippen MR) is 119 cm³/mol. The molecule has 138 valence electrons. The van der Waals surface area contributed by atoms with Crippen LogP contribution in [0.3, 0.4) is 0 Å². The summed E-state index contributed by atoms with van der Waals surface area (Å²) in [5, 5.41) is 11.1. The summed E-state index contributed by atoms with van der Waals surface area (Å²) in [5.74, 6) is 2.07. The molecule has 1 aromatic heterocycles. The first-order valence-corrected chi connectivity index (χ1v) is 9.70. The Balaban J connectivity index is 0.00000312. The number of benzene rings is 1. The first kappa shape index (κ1) is 21.8. The number of rotatable bonds is 9.